The van der Waals surface area contributed by atoms with Gasteiger partial charge >= 0.3 is 0 Å². The molecule has 114 valence electrons. The highest BCUT2D eigenvalue weighted by Crippen LogP contribution is 2.30. The Hall–Kier alpha value is -1.20. The first kappa shape index (κ1) is 14.7. The predicted octanol–water partition coefficient (Wildman–Crippen LogP) is 3.36. The van der Waals surface area contributed by atoms with E-state index in [4.69, 9.17) is 0 Å². The van der Waals surface area contributed by atoms with Gasteiger partial charge in [-0.3, -0.25) is 0 Å². The predicted molar refractivity (Wildman–Crippen MR) is 90.3 cm³/mol. The molecule has 0 radical (unpaired) electrons. The minimum absolute atomic E-state index is 0.593. The van der Waals surface area contributed by atoms with Gasteiger partial charge in [0.25, 0.3) is 0 Å². The number of hydrogen-bond acceptors (Lipinski definition) is 5. The number of nitrogens with zero attached hydrogens (tertiary/aromatic N) is 3. The van der Waals surface area contributed by atoms with Gasteiger partial charge in [0, 0.05) is 24.0 Å². The maximum absolute atomic E-state index is 4.60. The highest BCUT2D eigenvalue weighted by Gasteiger charge is 2.19. The molecule has 0 amide bonds. The number of piperidine rings is 1. The van der Waals surface area contributed by atoms with Gasteiger partial charge in [-0.05, 0) is 38.8 Å². The number of aromatic nitrogens is 2. The van der Waals surface area contributed by atoms with Crippen LogP contribution < -0.4 is 10.2 Å². The van der Waals surface area contributed by atoms with Crippen molar-refractivity contribution < 1.29 is 0 Å². The minimum atomic E-state index is 0.593. The molecule has 4 nitrogen and oxygen atoms in total. The van der Waals surface area contributed by atoms with Crippen LogP contribution >= 0.6 is 11.3 Å². The van der Waals surface area contributed by atoms with Crippen molar-refractivity contribution in [3.05, 3.63) is 17.3 Å². The molecule has 1 aliphatic rings. The van der Waals surface area contributed by atoms with Crippen molar-refractivity contribution in [3.8, 4) is 0 Å². The van der Waals surface area contributed by atoms with Gasteiger partial charge in [-0.15, -0.1) is 11.3 Å². The highest BCUT2D eigenvalue weighted by molar-refractivity contribution is 7.18. The maximum Gasteiger partial charge on any atom is 0.140 e. The third kappa shape index (κ3) is 3.35. The Morgan fingerprint density at radius 1 is 1.38 bits per heavy atom. The summed E-state index contributed by atoms with van der Waals surface area (Å²) in [5.41, 5.74) is 0. The Bertz CT molecular complexity index is 589. The number of anilines is 1. The third-order valence-corrected chi connectivity index (χ3v) is 5.04. The van der Waals surface area contributed by atoms with E-state index >= 15 is 0 Å². The fourth-order valence-corrected chi connectivity index (χ4v) is 3.96. The van der Waals surface area contributed by atoms with Gasteiger partial charge in [-0.25, -0.2) is 9.97 Å². The first-order valence-corrected chi connectivity index (χ1v) is 8.79. The maximum atomic E-state index is 4.60. The van der Waals surface area contributed by atoms with Crippen LogP contribution in [0.25, 0.3) is 10.2 Å². The summed E-state index contributed by atoms with van der Waals surface area (Å²) in [4.78, 5) is 13.9. The molecule has 1 fully saturated rings. The SMILES string of the molecule is CCCN(CC1CCCCN1)c1ncnc2sc(C)cc12. The summed E-state index contributed by atoms with van der Waals surface area (Å²) in [6.45, 7) is 7.64. The van der Waals surface area contributed by atoms with Crippen molar-refractivity contribution >= 4 is 27.4 Å². The lowest BCUT2D eigenvalue weighted by atomic mass is 10.0. The Kier molecular flexibility index (Phi) is 4.70. The summed E-state index contributed by atoms with van der Waals surface area (Å²) >= 11 is 1.75. The molecule has 3 heterocycles. The van der Waals surface area contributed by atoms with E-state index in [1.54, 1.807) is 17.7 Å². The normalized spacial score (nSPS) is 19.0. The van der Waals surface area contributed by atoms with Gasteiger partial charge < -0.3 is 10.2 Å². The van der Waals surface area contributed by atoms with Crippen molar-refractivity contribution in [2.45, 2.75) is 45.6 Å². The molecule has 1 aliphatic heterocycles. The molecule has 0 spiro atoms. The molecule has 0 bridgehead atoms. The van der Waals surface area contributed by atoms with Gasteiger partial charge in [0.15, 0.2) is 0 Å². The van der Waals surface area contributed by atoms with E-state index < -0.39 is 0 Å². The molecule has 1 N–H and O–H groups in total. The summed E-state index contributed by atoms with van der Waals surface area (Å²) in [5, 5.41) is 4.86. The molecule has 0 saturated carbocycles. The molecule has 1 atom stereocenters. The number of thiophene rings is 1. The molecular formula is C16H24N4S. The molecule has 3 rings (SSSR count). The molecule has 1 saturated heterocycles. The second kappa shape index (κ2) is 6.71. The summed E-state index contributed by atoms with van der Waals surface area (Å²) in [6, 6.07) is 2.82. The third-order valence-electron chi connectivity index (χ3n) is 4.08. The van der Waals surface area contributed by atoms with Crippen molar-refractivity contribution in [3.63, 3.8) is 0 Å². The second-order valence-corrected chi connectivity index (χ2v) is 7.10. The van der Waals surface area contributed by atoms with Crippen LogP contribution in [0.2, 0.25) is 0 Å². The van der Waals surface area contributed by atoms with Gasteiger partial charge in [0.05, 0.1) is 5.39 Å². The molecule has 2 aromatic heterocycles. The van der Waals surface area contributed by atoms with Crippen LogP contribution in [0, 0.1) is 6.92 Å². The monoisotopic (exact) mass is 304 g/mol. The fourth-order valence-electron chi connectivity index (χ4n) is 3.11. The topological polar surface area (TPSA) is 41.0 Å². The van der Waals surface area contributed by atoms with E-state index in [1.165, 1.54) is 29.5 Å². The largest absolute Gasteiger partial charge is 0.354 e. The van der Waals surface area contributed by atoms with Gasteiger partial charge in [-0.1, -0.05) is 13.3 Å². The van der Waals surface area contributed by atoms with Crippen LogP contribution in [-0.2, 0) is 0 Å². The standard InChI is InChI=1S/C16H24N4S/c1-3-8-20(10-13-6-4-5-7-17-13)15-14-9-12(2)21-16(14)19-11-18-15/h9,11,13,17H,3-8,10H2,1-2H3. The van der Waals surface area contributed by atoms with Crippen LogP contribution in [0.15, 0.2) is 12.4 Å². The molecule has 5 heteroatoms. The lowest BCUT2D eigenvalue weighted by Gasteiger charge is -2.31. The van der Waals surface area contributed by atoms with E-state index in [0.29, 0.717) is 6.04 Å². The zero-order valence-electron chi connectivity index (χ0n) is 12.9. The van der Waals surface area contributed by atoms with Crippen LogP contribution in [0.3, 0.4) is 0 Å². The highest BCUT2D eigenvalue weighted by atomic mass is 32.1. The van der Waals surface area contributed by atoms with Crippen LogP contribution in [0.4, 0.5) is 5.82 Å². The molecule has 1 unspecified atom stereocenters. The first-order chi connectivity index (χ1) is 10.3. The van der Waals surface area contributed by atoms with E-state index in [-0.39, 0.29) is 0 Å². The first-order valence-electron chi connectivity index (χ1n) is 7.97. The lowest BCUT2D eigenvalue weighted by Crippen LogP contribution is -2.44. The van der Waals surface area contributed by atoms with E-state index in [2.05, 4.69) is 40.1 Å². The summed E-state index contributed by atoms with van der Waals surface area (Å²) in [6.07, 6.45) is 6.78. The molecule has 21 heavy (non-hydrogen) atoms. The number of aryl methyl sites for hydroxylation is 1. The van der Waals surface area contributed by atoms with E-state index in [1.807, 2.05) is 0 Å². The Labute approximate surface area is 130 Å². The van der Waals surface area contributed by atoms with Gasteiger partial charge in [0.2, 0.25) is 0 Å². The second-order valence-electron chi connectivity index (χ2n) is 5.87. The Balaban J connectivity index is 1.87. The fraction of sp³-hybridized carbons (Fsp3) is 0.625. The average molecular weight is 304 g/mol. The van der Waals surface area contributed by atoms with Crippen LogP contribution in [0.1, 0.15) is 37.5 Å². The zero-order chi connectivity index (χ0) is 14.7. The summed E-state index contributed by atoms with van der Waals surface area (Å²) in [5.74, 6) is 1.11. The smallest absolute Gasteiger partial charge is 0.140 e. The number of hydrogen-bond donors (Lipinski definition) is 1. The van der Waals surface area contributed by atoms with Crippen LogP contribution in [-0.4, -0.2) is 35.6 Å². The van der Waals surface area contributed by atoms with E-state index in [9.17, 15) is 0 Å². The van der Waals surface area contributed by atoms with Crippen LogP contribution in [0.5, 0.6) is 0 Å². The van der Waals surface area contributed by atoms with E-state index in [0.717, 1.165) is 36.7 Å². The summed E-state index contributed by atoms with van der Waals surface area (Å²) < 4.78 is 0. The average Bonchev–Trinajstić information content (AvgIpc) is 2.88. The molecular weight excluding hydrogens is 280 g/mol. The number of rotatable bonds is 5. The van der Waals surface area contributed by atoms with Gasteiger partial charge in [-0.2, -0.15) is 0 Å². The molecule has 2 aromatic rings. The number of nitrogens with one attached hydrogen (secondary N) is 1. The van der Waals surface area contributed by atoms with Crippen molar-refractivity contribution in [2.24, 2.45) is 0 Å². The molecule has 0 aliphatic carbocycles. The Morgan fingerprint density at radius 2 is 2.29 bits per heavy atom. The lowest BCUT2D eigenvalue weighted by molar-refractivity contribution is 0.398. The van der Waals surface area contributed by atoms with Crippen molar-refractivity contribution in [2.75, 3.05) is 24.5 Å². The van der Waals surface area contributed by atoms with Crippen molar-refractivity contribution in [1.82, 2.24) is 15.3 Å². The number of fused-ring (bicyclic) bond motifs is 1. The van der Waals surface area contributed by atoms with Crippen molar-refractivity contribution in [1.29, 1.82) is 0 Å². The van der Waals surface area contributed by atoms with Gasteiger partial charge in [0.1, 0.15) is 17.0 Å². The molecule has 0 aromatic carbocycles. The zero-order valence-corrected chi connectivity index (χ0v) is 13.7. The quantitative estimate of drug-likeness (QED) is 0.919. The minimum Gasteiger partial charge on any atom is -0.354 e. The summed E-state index contributed by atoms with van der Waals surface area (Å²) in [7, 11) is 0. The Morgan fingerprint density at radius 3 is 3.05 bits per heavy atom.